The number of rotatable bonds is 4. The van der Waals surface area contributed by atoms with Crippen molar-refractivity contribution in [1.29, 1.82) is 0 Å². The van der Waals surface area contributed by atoms with E-state index < -0.39 is 0 Å². The fraction of sp³-hybridized carbons (Fsp3) is 0.174. The topological polar surface area (TPSA) is 101 Å². The Balaban J connectivity index is 1.48. The van der Waals surface area contributed by atoms with Crippen LogP contribution >= 0.6 is 0 Å². The summed E-state index contributed by atoms with van der Waals surface area (Å²) in [5, 5.41) is 16.3. The SMILES string of the molecule is Cc1nn(-c2ccccn2)c2nc(C3CC3)cc(C(=O)Nc3ccc4[nH]ncc4c3)c12. The molecule has 1 aromatic carbocycles. The molecule has 8 heteroatoms. The average molecular weight is 409 g/mol. The van der Waals surface area contributed by atoms with Gasteiger partial charge in [-0.25, -0.2) is 9.97 Å². The average Bonchev–Trinajstić information content (AvgIpc) is 3.45. The van der Waals surface area contributed by atoms with E-state index in [4.69, 9.17) is 4.98 Å². The number of aromatic nitrogens is 6. The van der Waals surface area contributed by atoms with Crippen LogP contribution in [0.1, 0.15) is 40.5 Å². The number of aryl methyl sites for hydroxylation is 1. The van der Waals surface area contributed by atoms with Crippen molar-refractivity contribution in [2.75, 3.05) is 5.32 Å². The van der Waals surface area contributed by atoms with Crippen LogP contribution in [0, 0.1) is 6.92 Å². The van der Waals surface area contributed by atoms with E-state index in [1.807, 2.05) is 49.4 Å². The Morgan fingerprint density at radius 3 is 2.90 bits per heavy atom. The van der Waals surface area contributed by atoms with Crippen LogP contribution in [-0.2, 0) is 0 Å². The highest BCUT2D eigenvalue weighted by atomic mass is 16.1. The van der Waals surface area contributed by atoms with Crippen LogP contribution in [0.25, 0.3) is 27.8 Å². The minimum atomic E-state index is -0.180. The maximum absolute atomic E-state index is 13.4. The minimum absolute atomic E-state index is 0.180. The maximum Gasteiger partial charge on any atom is 0.256 e. The molecule has 1 aliphatic carbocycles. The van der Waals surface area contributed by atoms with Crippen LogP contribution < -0.4 is 5.32 Å². The third-order valence-corrected chi connectivity index (χ3v) is 5.64. The zero-order chi connectivity index (χ0) is 20.9. The molecule has 0 atom stereocenters. The zero-order valence-electron chi connectivity index (χ0n) is 16.8. The van der Waals surface area contributed by atoms with Gasteiger partial charge in [-0.3, -0.25) is 9.89 Å². The van der Waals surface area contributed by atoms with Gasteiger partial charge in [0, 0.05) is 28.9 Å². The number of carbonyl (C=O) groups excluding carboxylic acids is 1. The highest BCUT2D eigenvalue weighted by Crippen LogP contribution is 2.40. The number of pyridine rings is 2. The van der Waals surface area contributed by atoms with Crippen LogP contribution in [-0.4, -0.2) is 35.9 Å². The molecule has 5 aromatic rings. The van der Waals surface area contributed by atoms with Crippen LogP contribution in [0.2, 0.25) is 0 Å². The first-order chi connectivity index (χ1) is 15.2. The Morgan fingerprint density at radius 2 is 2.10 bits per heavy atom. The van der Waals surface area contributed by atoms with Gasteiger partial charge in [-0.2, -0.15) is 14.9 Å². The lowest BCUT2D eigenvalue weighted by Crippen LogP contribution is -2.14. The van der Waals surface area contributed by atoms with Crippen LogP contribution in [0.5, 0.6) is 0 Å². The van der Waals surface area contributed by atoms with Gasteiger partial charge >= 0.3 is 0 Å². The Morgan fingerprint density at radius 1 is 1.19 bits per heavy atom. The molecule has 4 heterocycles. The number of amides is 1. The van der Waals surface area contributed by atoms with E-state index >= 15 is 0 Å². The second-order valence-electron chi connectivity index (χ2n) is 7.88. The van der Waals surface area contributed by atoms with Gasteiger partial charge in [-0.15, -0.1) is 0 Å². The Labute approximate surface area is 177 Å². The largest absolute Gasteiger partial charge is 0.322 e. The molecule has 4 aromatic heterocycles. The molecule has 0 radical (unpaired) electrons. The van der Waals surface area contributed by atoms with Crippen molar-refractivity contribution in [2.45, 2.75) is 25.7 Å². The van der Waals surface area contributed by atoms with Crippen molar-refractivity contribution in [3.05, 3.63) is 71.8 Å². The molecule has 0 aliphatic heterocycles. The van der Waals surface area contributed by atoms with E-state index in [0.717, 1.165) is 40.5 Å². The first-order valence-electron chi connectivity index (χ1n) is 10.2. The summed E-state index contributed by atoms with van der Waals surface area (Å²) >= 11 is 0. The molecule has 1 fully saturated rings. The summed E-state index contributed by atoms with van der Waals surface area (Å²) in [5.41, 5.74) is 4.56. The summed E-state index contributed by atoms with van der Waals surface area (Å²) in [6.45, 7) is 1.90. The number of hydrogen-bond acceptors (Lipinski definition) is 5. The van der Waals surface area contributed by atoms with Gasteiger partial charge in [-0.1, -0.05) is 6.07 Å². The number of H-pyrrole nitrogens is 1. The molecule has 0 unspecified atom stereocenters. The predicted molar refractivity (Wildman–Crippen MR) is 117 cm³/mol. The van der Waals surface area contributed by atoms with E-state index in [0.29, 0.717) is 28.6 Å². The van der Waals surface area contributed by atoms with E-state index in [1.165, 1.54) is 0 Å². The summed E-state index contributed by atoms with van der Waals surface area (Å²) in [6, 6.07) is 13.3. The van der Waals surface area contributed by atoms with Crippen LogP contribution in [0.4, 0.5) is 5.69 Å². The molecular formula is C23H19N7O. The van der Waals surface area contributed by atoms with Gasteiger partial charge in [0.2, 0.25) is 0 Å². The fourth-order valence-electron chi connectivity index (χ4n) is 3.93. The third kappa shape index (κ3) is 3.04. The maximum atomic E-state index is 13.4. The van der Waals surface area contributed by atoms with Crippen molar-refractivity contribution in [3.8, 4) is 5.82 Å². The number of carbonyl (C=O) groups is 1. The van der Waals surface area contributed by atoms with Crippen molar-refractivity contribution in [2.24, 2.45) is 0 Å². The normalized spacial score (nSPS) is 13.7. The second kappa shape index (κ2) is 6.73. The molecule has 31 heavy (non-hydrogen) atoms. The Bertz CT molecular complexity index is 1450. The van der Waals surface area contributed by atoms with E-state index in [2.05, 4.69) is 25.6 Å². The first kappa shape index (κ1) is 17.8. The highest BCUT2D eigenvalue weighted by Gasteiger charge is 2.29. The minimum Gasteiger partial charge on any atom is -0.322 e. The standard InChI is InChI=1S/C23H19N7O/c1-13-21-17(23(31)26-16-7-8-18-15(10-16)12-25-28-18)11-19(14-5-6-14)27-22(21)30(29-13)20-4-2-3-9-24-20/h2-4,7-12,14H,5-6H2,1H3,(H,25,28)(H,26,31). The number of nitrogens with one attached hydrogen (secondary N) is 2. The van der Waals surface area contributed by atoms with E-state index in [1.54, 1.807) is 17.1 Å². The molecule has 2 N–H and O–H groups in total. The lowest BCUT2D eigenvalue weighted by molar-refractivity contribution is 0.102. The summed E-state index contributed by atoms with van der Waals surface area (Å²) in [7, 11) is 0. The monoisotopic (exact) mass is 409 g/mol. The number of aromatic amines is 1. The number of nitrogens with zero attached hydrogens (tertiary/aromatic N) is 5. The number of fused-ring (bicyclic) bond motifs is 2. The quantitative estimate of drug-likeness (QED) is 0.465. The lowest BCUT2D eigenvalue weighted by atomic mass is 10.1. The summed E-state index contributed by atoms with van der Waals surface area (Å²) < 4.78 is 1.73. The van der Waals surface area contributed by atoms with Crippen LogP contribution in [0.15, 0.2) is 54.9 Å². The molecule has 1 amide bonds. The summed E-state index contributed by atoms with van der Waals surface area (Å²) in [6.07, 6.45) is 5.64. The summed E-state index contributed by atoms with van der Waals surface area (Å²) in [4.78, 5) is 22.7. The lowest BCUT2D eigenvalue weighted by Gasteiger charge is -2.10. The first-order valence-corrected chi connectivity index (χ1v) is 10.2. The van der Waals surface area contributed by atoms with Crippen molar-refractivity contribution in [3.63, 3.8) is 0 Å². The molecule has 6 rings (SSSR count). The molecule has 152 valence electrons. The van der Waals surface area contributed by atoms with Gasteiger partial charge in [-0.05, 0) is 56.2 Å². The second-order valence-corrected chi connectivity index (χ2v) is 7.88. The zero-order valence-corrected chi connectivity index (χ0v) is 16.8. The van der Waals surface area contributed by atoms with E-state index in [-0.39, 0.29) is 5.91 Å². The van der Waals surface area contributed by atoms with Crippen molar-refractivity contribution < 1.29 is 4.79 Å². The van der Waals surface area contributed by atoms with Gasteiger partial charge in [0.05, 0.1) is 28.4 Å². The summed E-state index contributed by atoms with van der Waals surface area (Å²) in [5.74, 6) is 0.893. The molecule has 0 bridgehead atoms. The Hall–Kier alpha value is -4.07. The number of benzene rings is 1. The van der Waals surface area contributed by atoms with Crippen molar-refractivity contribution in [1.82, 2.24) is 29.9 Å². The van der Waals surface area contributed by atoms with Gasteiger partial charge < -0.3 is 5.32 Å². The molecule has 1 saturated carbocycles. The number of hydrogen-bond donors (Lipinski definition) is 2. The molecular weight excluding hydrogens is 390 g/mol. The predicted octanol–water partition coefficient (Wildman–Crippen LogP) is 4.13. The highest BCUT2D eigenvalue weighted by molar-refractivity contribution is 6.13. The molecule has 0 saturated heterocycles. The molecule has 8 nitrogen and oxygen atoms in total. The smallest absolute Gasteiger partial charge is 0.256 e. The third-order valence-electron chi connectivity index (χ3n) is 5.64. The fourth-order valence-corrected chi connectivity index (χ4v) is 3.93. The molecule has 0 spiro atoms. The van der Waals surface area contributed by atoms with Gasteiger partial charge in [0.25, 0.3) is 5.91 Å². The number of anilines is 1. The van der Waals surface area contributed by atoms with Crippen molar-refractivity contribution >= 4 is 33.5 Å². The van der Waals surface area contributed by atoms with Crippen LogP contribution in [0.3, 0.4) is 0 Å². The van der Waals surface area contributed by atoms with Gasteiger partial charge in [0.15, 0.2) is 11.5 Å². The Kier molecular flexibility index (Phi) is 3.86. The van der Waals surface area contributed by atoms with Gasteiger partial charge in [0.1, 0.15) is 0 Å². The molecule has 1 aliphatic rings. The van der Waals surface area contributed by atoms with E-state index in [9.17, 15) is 4.79 Å².